The van der Waals surface area contributed by atoms with Gasteiger partial charge in [0.15, 0.2) is 0 Å². The van der Waals surface area contributed by atoms with E-state index in [1.807, 2.05) is 25.1 Å². The number of anilines is 2. The molecule has 0 aromatic heterocycles. The second-order valence-electron chi connectivity index (χ2n) is 3.41. The summed E-state index contributed by atoms with van der Waals surface area (Å²) in [5.41, 5.74) is 8.81. The van der Waals surface area contributed by atoms with Crippen LogP contribution in [0.15, 0.2) is 18.2 Å². The van der Waals surface area contributed by atoms with E-state index in [9.17, 15) is 0 Å². The molecule has 0 amide bonds. The summed E-state index contributed by atoms with van der Waals surface area (Å²) in [7, 11) is 0. The Hall–Kier alpha value is -0.310. The van der Waals surface area contributed by atoms with Crippen molar-refractivity contribution in [2.75, 3.05) is 35.5 Å². The molecule has 16 heavy (non-hydrogen) atoms. The molecule has 0 fully saturated rings. The lowest BCUT2D eigenvalue weighted by Crippen LogP contribution is -2.28. The average Bonchev–Trinajstić information content (AvgIpc) is 2.17. The van der Waals surface area contributed by atoms with Crippen molar-refractivity contribution < 1.29 is 0 Å². The average molecular weight is 284 g/mol. The van der Waals surface area contributed by atoms with Crippen molar-refractivity contribution in [2.45, 2.75) is 6.92 Å². The Balaban J connectivity index is 0.00000225. The number of rotatable bonds is 5. The van der Waals surface area contributed by atoms with Crippen molar-refractivity contribution in [3.05, 3.63) is 23.8 Å². The molecule has 0 atom stereocenters. The van der Waals surface area contributed by atoms with Crippen LogP contribution in [0.2, 0.25) is 0 Å². The first-order valence-corrected chi connectivity index (χ1v) is 5.99. The Bertz CT molecular complexity index is 312. The summed E-state index contributed by atoms with van der Waals surface area (Å²) in [6, 6.07) is 5.88. The standard InChI is InChI=1S/C11H16Cl2N2.ClH/c1-9-8-10(14)2-3-11(9)15(6-4-12)7-5-13;/h2-3,8H,4-7,14H2,1H3;1H. The summed E-state index contributed by atoms with van der Waals surface area (Å²) in [6.45, 7) is 3.65. The topological polar surface area (TPSA) is 29.3 Å². The molecule has 5 heteroatoms. The minimum atomic E-state index is 0. The van der Waals surface area contributed by atoms with Gasteiger partial charge in [0, 0.05) is 36.2 Å². The van der Waals surface area contributed by atoms with Crippen LogP contribution in [0.5, 0.6) is 0 Å². The van der Waals surface area contributed by atoms with Crippen LogP contribution in [0.1, 0.15) is 5.56 Å². The second kappa shape index (κ2) is 7.88. The lowest BCUT2D eigenvalue weighted by atomic mass is 10.1. The fourth-order valence-corrected chi connectivity index (χ4v) is 2.00. The number of benzene rings is 1. The minimum Gasteiger partial charge on any atom is -0.399 e. The van der Waals surface area contributed by atoms with Crippen LogP contribution in [-0.2, 0) is 0 Å². The van der Waals surface area contributed by atoms with Crippen molar-refractivity contribution in [1.82, 2.24) is 0 Å². The highest BCUT2D eigenvalue weighted by atomic mass is 35.5. The van der Waals surface area contributed by atoms with Crippen LogP contribution in [0.25, 0.3) is 0 Å². The molecule has 0 saturated heterocycles. The molecule has 0 bridgehead atoms. The van der Waals surface area contributed by atoms with Gasteiger partial charge in [0.1, 0.15) is 0 Å². The van der Waals surface area contributed by atoms with Crippen molar-refractivity contribution in [2.24, 2.45) is 0 Å². The first kappa shape index (κ1) is 15.7. The zero-order chi connectivity index (χ0) is 11.3. The molecule has 0 aliphatic carbocycles. The van der Waals surface area contributed by atoms with E-state index >= 15 is 0 Å². The number of nitrogens with zero attached hydrogens (tertiary/aromatic N) is 1. The van der Waals surface area contributed by atoms with Crippen LogP contribution in [0.3, 0.4) is 0 Å². The lowest BCUT2D eigenvalue weighted by molar-refractivity contribution is 0.869. The third-order valence-corrected chi connectivity index (χ3v) is 2.61. The number of nitrogens with two attached hydrogens (primary N) is 1. The molecule has 0 unspecified atom stereocenters. The fraction of sp³-hybridized carbons (Fsp3) is 0.455. The second-order valence-corrected chi connectivity index (χ2v) is 4.17. The zero-order valence-corrected chi connectivity index (χ0v) is 11.6. The molecule has 0 heterocycles. The largest absolute Gasteiger partial charge is 0.399 e. The number of halogens is 3. The molecule has 2 nitrogen and oxygen atoms in total. The first-order valence-electron chi connectivity index (χ1n) is 4.92. The summed E-state index contributed by atoms with van der Waals surface area (Å²) in [4.78, 5) is 2.18. The van der Waals surface area contributed by atoms with Crippen LogP contribution in [-0.4, -0.2) is 24.8 Å². The van der Waals surface area contributed by atoms with Gasteiger partial charge in [-0.1, -0.05) is 0 Å². The summed E-state index contributed by atoms with van der Waals surface area (Å²) in [6.07, 6.45) is 0. The SMILES string of the molecule is Cc1cc(N)ccc1N(CCCl)CCCl.Cl. The zero-order valence-electron chi connectivity index (χ0n) is 9.25. The highest BCUT2D eigenvalue weighted by Crippen LogP contribution is 2.22. The molecule has 92 valence electrons. The van der Waals surface area contributed by atoms with Gasteiger partial charge < -0.3 is 10.6 Å². The number of hydrogen-bond acceptors (Lipinski definition) is 2. The van der Waals surface area contributed by atoms with E-state index in [1.165, 1.54) is 0 Å². The van der Waals surface area contributed by atoms with Gasteiger partial charge >= 0.3 is 0 Å². The van der Waals surface area contributed by atoms with Gasteiger partial charge in [0.2, 0.25) is 0 Å². The number of hydrogen-bond donors (Lipinski definition) is 1. The summed E-state index contributed by atoms with van der Waals surface area (Å²) >= 11 is 11.5. The normalized spacial score (nSPS) is 9.69. The van der Waals surface area contributed by atoms with Gasteiger partial charge in [-0.15, -0.1) is 35.6 Å². The number of nitrogen functional groups attached to an aromatic ring is 1. The Morgan fingerprint density at radius 2 is 1.75 bits per heavy atom. The maximum Gasteiger partial charge on any atom is 0.0399 e. The predicted octanol–water partition coefficient (Wildman–Crippen LogP) is 3.28. The smallest absolute Gasteiger partial charge is 0.0399 e. The van der Waals surface area contributed by atoms with E-state index in [-0.39, 0.29) is 12.4 Å². The van der Waals surface area contributed by atoms with Crippen LogP contribution >= 0.6 is 35.6 Å². The molecule has 1 aromatic rings. The van der Waals surface area contributed by atoms with Crippen molar-refractivity contribution in [3.8, 4) is 0 Å². The maximum atomic E-state index is 5.76. The molecule has 2 N–H and O–H groups in total. The Labute approximate surface area is 113 Å². The third kappa shape index (κ3) is 4.28. The molecule has 0 aliphatic heterocycles. The molecular formula is C11H17Cl3N2. The molecule has 1 aromatic carbocycles. The van der Waals surface area contributed by atoms with Crippen molar-refractivity contribution in [3.63, 3.8) is 0 Å². The highest BCUT2D eigenvalue weighted by Gasteiger charge is 2.07. The van der Waals surface area contributed by atoms with Crippen LogP contribution in [0.4, 0.5) is 11.4 Å². The van der Waals surface area contributed by atoms with E-state index in [2.05, 4.69) is 4.90 Å². The van der Waals surface area contributed by atoms with E-state index in [1.54, 1.807) is 0 Å². The van der Waals surface area contributed by atoms with Gasteiger partial charge in [-0.25, -0.2) is 0 Å². The van der Waals surface area contributed by atoms with Gasteiger partial charge in [-0.05, 0) is 30.7 Å². The monoisotopic (exact) mass is 282 g/mol. The van der Waals surface area contributed by atoms with Gasteiger partial charge in [0.25, 0.3) is 0 Å². The molecular weight excluding hydrogens is 266 g/mol. The quantitative estimate of drug-likeness (QED) is 0.664. The first-order chi connectivity index (χ1) is 7.19. The van der Waals surface area contributed by atoms with Crippen LogP contribution in [0, 0.1) is 6.92 Å². The Morgan fingerprint density at radius 3 is 2.19 bits per heavy atom. The maximum absolute atomic E-state index is 5.76. The highest BCUT2D eigenvalue weighted by molar-refractivity contribution is 6.18. The van der Waals surface area contributed by atoms with E-state index in [4.69, 9.17) is 28.9 Å². The molecule has 0 aliphatic rings. The van der Waals surface area contributed by atoms with E-state index < -0.39 is 0 Å². The molecule has 0 radical (unpaired) electrons. The fourth-order valence-electron chi connectivity index (χ4n) is 1.59. The minimum absolute atomic E-state index is 0. The van der Waals surface area contributed by atoms with E-state index in [0.717, 1.165) is 30.0 Å². The van der Waals surface area contributed by atoms with Gasteiger partial charge in [0.05, 0.1) is 0 Å². The van der Waals surface area contributed by atoms with Gasteiger partial charge in [-0.2, -0.15) is 0 Å². The Morgan fingerprint density at radius 1 is 1.19 bits per heavy atom. The van der Waals surface area contributed by atoms with Gasteiger partial charge in [-0.3, -0.25) is 0 Å². The van der Waals surface area contributed by atoms with E-state index in [0.29, 0.717) is 11.8 Å². The molecule has 1 rings (SSSR count). The Kier molecular flexibility index (Phi) is 7.73. The summed E-state index contributed by atoms with van der Waals surface area (Å²) in [5, 5.41) is 0. The van der Waals surface area contributed by atoms with Crippen molar-refractivity contribution in [1.29, 1.82) is 0 Å². The molecule has 0 saturated carbocycles. The molecule has 0 spiro atoms. The summed E-state index contributed by atoms with van der Waals surface area (Å²) in [5.74, 6) is 1.20. The number of alkyl halides is 2. The summed E-state index contributed by atoms with van der Waals surface area (Å²) < 4.78 is 0. The number of aryl methyl sites for hydroxylation is 1. The van der Waals surface area contributed by atoms with Crippen LogP contribution < -0.4 is 10.6 Å². The van der Waals surface area contributed by atoms with Crippen molar-refractivity contribution >= 4 is 47.0 Å². The predicted molar refractivity (Wildman–Crippen MR) is 76.5 cm³/mol. The lowest BCUT2D eigenvalue weighted by Gasteiger charge is -2.24. The third-order valence-electron chi connectivity index (χ3n) is 2.27.